The molecule has 3 fully saturated rings. The molecule has 4 aliphatic carbocycles. The van der Waals surface area contributed by atoms with E-state index in [-0.39, 0.29) is 41.0 Å². The lowest BCUT2D eigenvalue weighted by molar-refractivity contribution is -0.133. The van der Waals surface area contributed by atoms with Crippen LogP contribution in [0.1, 0.15) is 58.8 Å². The Morgan fingerprint density at radius 2 is 2.00 bits per heavy atom. The molecule has 0 aliphatic heterocycles. The lowest BCUT2D eigenvalue weighted by Gasteiger charge is -2.59. The Kier molecular flexibility index (Phi) is 4.01. The van der Waals surface area contributed by atoms with Crippen molar-refractivity contribution in [1.29, 1.82) is 0 Å². The molecule has 7 atom stereocenters. The van der Waals surface area contributed by atoms with Gasteiger partial charge in [0.1, 0.15) is 6.61 Å². The number of nitrogens with two attached hydrogens (primary N) is 1. The average molecular weight is 345 g/mol. The van der Waals surface area contributed by atoms with E-state index in [9.17, 15) is 14.7 Å². The highest BCUT2D eigenvalue weighted by atomic mass is 16.3. The Hall–Kier alpha value is -1.00. The molecule has 0 amide bonds. The van der Waals surface area contributed by atoms with Crippen molar-refractivity contribution < 1.29 is 14.7 Å². The first-order chi connectivity index (χ1) is 11.8. The van der Waals surface area contributed by atoms with Gasteiger partial charge in [0.25, 0.3) is 0 Å². The minimum atomic E-state index is -0.326. The standard InChI is InChI=1S/C21H31NO3/c1-20-8-6-15-13(14(20)3-4-16(20)19(25)11-23)10-18(22)17-9-12(24)5-7-21(15,17)2/h9,13-16,18,23H,3-8,10-11,22H2,1-2H3/t13-,14-,15-,16+,18-,20-,21+/m0/s1. The fourth-order valence-corrected chi connectivity index (χ4v) is 7.33. The lowest BCUT2D eigenvalue weighted by Crippen LogP contribution is -2.56. The van der Waals surface area contributed by atoms with Crippen LogP contribution in [0.25, 0.3) is 0 Å². The SMILES string of the molecule is C[C@]12CC[C@H]3[C@@H](C[C@H](N)C4=CC(=O)CC[C@@]43C)[C@@H]1CC[C@@H]2C(=O)CO. The summed E-state index contributed by atoms with van der Waals surface area (Å²) in [6.07, 6.45) is 8.53. The summed E-state index contributed by atoms with van der Waals surface area (Å²) in [5.41, 5.74) is 7.82. The topological polar surface area (TPSA) is 80.4 Å². The molecular weight excluding hydrogens is 314 g/mol. The predicted octanol–water partition coefficient (Wildman–Crippen LogP) is 2.63. The maximum absolute atomic E-state index is 12.3. The van der Waals surface area contributed by atoms with Gasteiger partial charge in [0, 0.05) is 18.4 Å². The summed E-state index contributed by atoms with van der Waals surface area (Å²) in [6, 6.07) is -0.0227. The minimum Gasteiger partial charge on any atom is -0.389 e. The molecule has 138 valence electrons. The number of aliphatic hydroxyl groups is 1. The molecule has 4 aliphatic rings. The molecule has 4 nitrogen and oxygen atoms in total. The van der Waals surface area contributed by atoms with E-state index in [0.29, 0.717) is 24.2 Å². The summed E-state index contributed by atoms with van der Waals surface area (Å²) < 4.78 is 0. The van der Waals surface area contributed by atoms with Crippen molar-refractivity contribution in [2.75, 3.05) is 6.61 Å². The third-order valence-corrected chi connectivity index (χ3v) is 8.59. The molecule has 3 saturated carbocycles. The largest absolute Gasteiger partial charge is 0.389 e. The van der Waals surface area contributed by atoms with Crippen LogP contribution in [0.15, 0.2) is 11.6 Å². The predicted molar refractivity (Wildman–Crippen MR) is 95.7 cm³/mol. The van der Waals surface area contributed by atoms with Crippen LogP contribution in [0.5, 0.6) is 0 Å². The van der Waals surface area contributed by atoms with Crippen molar-refractivity contribution in [1.82, 2.24) is 0 Å². The quantitative estimate of drug-likeness (QED) is 0.806. The van der Waals surface area contributed by atoms with Crippen molar-refractivity contribution in [3.05, 3.63) is 11.6 Å². The number of ketones is 2. The number of hydrogen-bond acceptors (Lipinski definition) is 4. The summed E-state index contributed by atoms with van der Waals surface area (Å²) in [5.74, 6) is 1.91. The Bertz CT molecular complexity index is 641. The summed E-state index contributed by atoms with van der Waals surface area (Å²) in [5, 5.41) is 9.39. The number of fused-ring (bicyclic) bond motifs is 5. The zero-order valence-electron chi connectivity index (χ0n) is 15.5. The van der Waals surface area contributed by atoms with Crippen molar-refractivity contribution in [2.24, 2.45) is 40.2 Å². The van der Waals surface area contributed by atoms with Gasteiger partial charge < -0.3 is 10.8 Å². The molecule has 0 radical (unpaired) electrons. The third-order valence-electron chi connectivity index (χ3n) is 8.59. The molecule has 0 bridgehead atoms. The number of carbonyl (C=O) groups is 2. The Labute approximate surface area is 150 Å². The monoisotopic (exact) mass is 345 g/mol. The molecule has 0 aromatic rings. The summed E-state index contributed by atoms with van der Waals surface area (Å²) in [6.45, 7) is 4.28. The van der Waals surface area contributed by atoms with Gasteiger partial charge in [0.2, 0.25) is 0 Å². The Balaban J connectivity index is 1.68. The molecule has 0 heterocycles. The molecule has 0 unspecified atom stereocenters. The smallest absolute Gasteiger partial charge is 0.161 e. The van der Waals surface area contributed by atoms with Gasteiger partial charge in [-0.25, -0.2) is 0 Å². The number of aliphatic hydroxyl groups excluding tert-OH is 1. The first-order valence-corrected chi connectivity index (χ1v) is 9.95. The van der Waals surface area contributed by atoms with E-state index >= 15 is 0 Å². The molecular formula is C21H31NO3. The van der Waals surface area contributed by atoms with Gasteiger partial charge in [-0.15, -0.1) is 0 Å². The number of rotatable bonds is 2. The minimum absolute atomic E-state index is 0.0114. The zero-order chi connectivity index (χ0) is 18.0. The van der Waals surface area contributed by atoms with Crippen molar-refractivity contribution in [3.63, 3.8) is 0 Å². The second-order valence-electron chi connectivity index (χ2n) is 9.50. The second-order valence-corrected chi connectivity index (χ2v) is 9.50. The summed E-state index contributed by atoms with van der Waals surface area (Å²) in [4.78, 5) is 24.3. The van der Waals surface area contributed by atoms with E-state index in [0.717, 1.165) is 38.5 Å². The number of Topliss-reactive ketones (excluding diaryl/α,β-unsaturated/α-hetero) is 1. The molecule has 0 spiro atoms. The van der Waals surface area contributed by atoms with Crippen molar-refractivity contribution in [2.45, 2.75) is 64.8 Å². The zero-order valence-corrected chi connectivity index (χ0v) is 15.5. The molecule has 4 rings (SSSR count). The maximum Gasteiger partial charge on any atom is 0.161 e. The number of carbonyl (C=O) groups excluding carboxylic acids is 2. The summed E-state index contributed by atoms with van der Waals surface area (Å²) >= 11 is 0. The highest BCUT2D eigenvalue weighted by Gasteiger charge is 2.61. The highest BCUT2D eigenvalue weighted by Crippen LogP contribution is 2.66. The van der Waals surface area contributed by atoms with Crippen molar-refractivity contribution >= 4 is 11.6 Å². The lowest BCUT2D eigenvalue weighted by atomic mass is 9.46. The molecule has 4 heteroatoms. The van der Waals surface area contributed by atoms with Gasteiger partial charge >= 0.3 is 0 Å². The molecule has 25 heavy (non-hydrogen) atoms. The van der Waals surface area contributed by atoms with Gasteiger partial charge in [-0.3, -0.25) is 9.59 Å². The molecule has 3 N–H and O–H groups in total. The fraction of sp³-hybridized carbons (Fsp3) is 0.810. The van der Waals surface area contributed by atoms with Crippen LogP contribution < -0.4 is 5.73 Å². The van der Waals surface area contributed by atoms with Crippen LogP contribution in [-0.4, -0.2) is 29.3 Å². The first kappa shape index (κ1) is 17.4. The van der Waals surface area contributed by atoms with Gasteiger partial charge in [0.05, 0.1) is 0 Å². The van der Waals surface area contributed by atoms with Gasteiger partial charge in [0.15, 0.2) is 11.6 Å². The van der Waals surface area contributed by atoms with Crippen LogP contribution in [0.4, 0.5) is 0 Å². The number of hydrogen-bond donors (Lipinski definition) is 2. The Morgan fingerprint density at radius 3 is 2.72 bits per heavy atom. The fourth-order valence-electron chi connectivity index (χ4n) is 7.33. The summed E-state index contributed by atoms with van der Waals surface area (Å²) in [7, 11) is 0. The van der Waals surface area contributed by atoms with Gasteiger partial charge in [-0.05, 0) is 78.8 Å². The van der Waals surface area contributed by atoms with E-state index in [2.05, 4.69) is 13.8 Å². The van der Waals surface area contributed by atoms with E-state index in [4.69, 9.17) is 5.73 Å². The normalized spacial score (nSPS) is 49.0. The van der Waals surface area contributed by atoms with Crippen LogP contribution in [0.3, 0.4) is 0 Å². The molecule has 0 aromatic carbocycles. The van der Waals surface area contributed by atoms with Crippen LogP contribution >= 0.6 is 0 Å². The van der Waals surface area contributed by atoms with E-state index < -0.39 is 0 Å². The van der Waals surface area contributed by atoms with Gasteiger partial charge in [-0.2, -0.15) is 0 Å². The van der Waals surface area contributed by atoms with Crippen LogP contribution in [0, 0.1) is 34.5 Å². The first-order valence-electron chi connectivity index (χ1n) is 9.95. The maximum atomic E-state index is 12.3. The van der Waals surface area contributed by atoms with E-state index in [1.807, 2.05) is 6.08 Å². The third kappa shape index (κ3) is 2.33. The van der Waals surface area contributed by atoms with E-state index in [1.165, 1.54) is 5.57 Å². The second kappa shape index (κ2) is 5.75. The van der Waals surface area contributed by atoms with Crippen LogP contribution in [0.2, 0.25) is 0 Å². The molecule has 0 saturated heterocycles. The highest BCUT2D eigenvalue weighted by molar-refractivity contribution is 5.92. The molecule has 0 aromatic heterocycles. The van der Waals surface area contributed by atoms with Gasteiger partial charge in [-0.1, -0.05) is 13.8 Å². The Morgan fingerprint density at radius 1 is 1.24 bits per heavy atom. The van der Waals surface area contributed by atoms with Crippen molar-refractivity contribution in [3.8, 4) is 0 Å². The average Bonchev–Trinajstić information content (AvgIpc) is 2.93. The van der Waals surface area contributed by atoms with Crippen LogP contribution in [-0.2, 0) is 9.59 Å². The van der Waals surface area contributed by atoms with E-state index in [1.54, 1.807) is 0 Å².